The van der Waals surface area contributed by atoms with Crippen LogP contribution < -0.4 is 5.32 Å². The van der Waals surface area contributed by atoms with Gasteiger partial charge in [-0.05, 0) is 12.8 Å². The Morgan fingerprint density at radius 3 is 2.26 bits per heavy atom. The van der Waals surface area contributed by atoms with Crippen LogP contribution in [0.3, 0.4) is 0 Å². The van der Waals surface area contributed by atoms with E-state index in [0.717, 1.165) is 25.9 Å². The molecule has 7 heteroatoms. The van der Waals surface area contributed by atoms with Gasteiger partial charge in [-0.2, -0.15) is 13.2 Å². The first-order chi connectivity index (χ1) is 8.97. The zero-order valence-electron chi connectivity index (χ0n) is 11.3. The van der Waals surface area contributed by atoms with E-state index in [9.17, 15) is 18.0 Å². The Bertz CT molecular complexity index is 281. The summed E-state index contributed by atoms with van der Waals surface area (Å²) in [5, 5.41) is 3.20. The molecular weight excluding hydrogens is 261 g/mol. The predicted molar refractivity (Wildman–Crippen MR) is 64.7 cm³/mol. The number of carbonyl (C=O) groups is 1. The number of hydrogen-bond donors (Lipinski definition) is 1. The maximum Gasteiger partial charge on any atom is 0.411 e. The van der Waals surface area contributed by atoms with Gasteiger partial charge in [-0.1, -0.05) is 13.8 Å². The minimum atomic E-state index is -4.37. The number of hydrogen-bond acceptors (Lipinski definition) is 3. The highest BCUT2D eigenvalue weighted by atomic mass is 19.4. The standard InChI is InChI=1S/C10H15F3N2O2.C2H6/c11-10(12,13)6-17-5-9(16)15-7-1-2-8(15)4-14-3-7;1-2/h7-8,14H,1-6H2;1-2H3. The molecule has 2 unspecified atom stereocenters. The Labute approximate surface area is 111 Å². The van der Waals surface area contributed by atoms with Crippen LogP contribution in [-0.2, 0) is 9.53 Å². The third-order valence-corrected chi connectivity index (χ3v) is 3.16. The van der Waals surface area contributed by atoms with Crippen molar-refractivity contribution < 1.29 is 22.7 Å². The average Bonchev–Trinajstić information content (AvgIpc) is 2.60. The van der Waals surface area contributed by atoms with E-state index in [4.69, 9.17) is 0 Å². The van der Waals surface area contributed by atoms with E-state index in [1.165, 1.54) is 0 Å². The first-order valence-corrected chi connectivity index (χ1v) is 6.64. The van der Waals surface area contributed by atoms with Crippen LogP contribution in [0.1, 0.15) is 26.7 Å². The van der Waals surface area contributed by atoms with Gasteiger partial charge in [-0.3, -0.25) is 4.79 Å². The number of fused-ring (bicyclic) bond motifs is 2. The van der Waals surface area contributed by atoms with Crippen molar-refractivity contribution in [2.24, 2.45) is 0 Å². The van der Waals surface area contributed by atoms with Gasteiger partial charge in [0.15, 0.2) is 0 Å². The molecule has 2 aliphatic heterocycles. The number of nitrogens with zero attached hydrogens (tertiary/aromatic N) is 1. The van der Waals surface area contributed by atoms with Crippen molar-refractivity contribution in [3.63, 3.8) is 0 Å². The number of ether oxygens (including phenoxy) is 1. The molecule has 0 aromatic carbocycles. The second-order valence-corrected chi connectivity index (χ2v) is 4.45. The highest BCUT2D eigenvalue weighted by Gasteiger charge is 2.39. The zero-order valence-corrected chi connectivity index (χ0v) is 11.3. The fourth-order valence-electron chi connectivity index (χ4n) is 2.51. The number of piperazine rings is 1. The molecule has 2 fully saturated rings. The van der Waals surface area contributed by atoms with Crippen molar-refractivity contribution >= 4 is 5.91 Å². The van der Waals surface area contributed by atoms with Crippen molar-refractivity contribution in [1.29, 1.82) is 0 Å². The van der Waals surface area contributed by atoms with Crippen LogP contribution in [-0.4, -0.2) is 55.4 Å². The molecule has 0 saturated carbocycles. The molecule has 0 aromatic rings. The summed E-state index contributed by atoms with van der Waals surface area (Å²) in [6.45, 7) is 3.61. The van der Waals surface area contributed by atoms with E-state index >= 15 is 0 Å². The number of rotatable bonds is 3. The second kappa shape index (κ2) is 7.09. The lowest BCUT2D eigenvalue weighted by molar-refractivity contribution is -0.178. The first-order valence-electron chi connectivity index (χ1n) is 6.64. The Hall–Kier alpha value is -0.820. The van der Waals surface area contributed by atoms with Crippen molar-refractivity contribution in [2.75, 3.05) is 26.3 Å². The molecule has 1 N–H and O–H groups in total. The molecule has 0 radical (unpaired) electrons. The average molecular weight is 282 g/mol. The minimum Gasteiger partial charge on any atom is -0.362 e. The monoisotopic (exact) mass is 282 g/mol. The fourth-order valence-corrected chi connectivity index (χ4v) is 2.51. The van der Waals surface area contributed by atoms with Gasteiger partial charge in [0, 0.05) is 25.2 Å². The van der Waals surface area contributed by atoms with Crippen LogP contribution in [0.15, 0.2) is 0 Å². The Balaban J connectivity index is 0.000000861. The summed E-state index contributed by atoms with van der Waals surface area (Å²) in [4.78, 5) is 13.4. The van der Waals surface area contributed by atoms with E-state index in [2.05, 4.69) is 10.1 Å². The molecule has 4 nitrogen and oxygen atoms in total. The van der Waals surface area contributed by atoms with Crippen LogP contribution >= 0.6 is 0 Å². The summed E-state index contributed by atoms with van der Waals surface area (Å²) in [5.41, 5.74) is 0. The third-order valence-electron chi connectivity index (χ3n) is 3.16. The molecule has 19 heavy (non-hydrogen) atoms. The Morgan fingerprint density at radius 2 is 1.79 bits per heavy atom. The van der Waals surface area contributed by atoms with Crippen LogP contribution in [0.25, 0.3) is 0 Å². The normalized spacial score (nSPS) is 25.8. The van der Waals surface area contributed by atoms with E-state index in [-0.39, 0.29) is 18.0 Å². The van der Waals surface area contributed by atoms with Crippen LogP contribution in [0, 0.1) is 0 Å². The van der Waals surface area contributed by atoms with Crippen LogP contribution in [0.5, 0.6) is 0 Å². The van der Waals surface area contributed by atoms with E-state index in [1.54, 1.807) is 4.90 Å². The SMILES string of the molecule is CC.O=C(COCC(F)(F)F)N1C2CCC1CNC2. The van der Waals surface area contributed by atoms with Crippen molar-refractivity contribution in [2.45, 2.75) is 44.9 Å². The van der Waals surface area contributed by atoms with Crippen molar-refractivity contribution in [3.05, 3.63) is 0 Å². The van der Waals surface area contributed by atoms with Gasteiger partial charge >= 0.3 is 6.18 Å². The predicted octanol–water partition coefficient (Wildman–Crippen LogP) is 1.55. The molecule has 2 atom stereocenters. The van der Waals surface area contributed by atoms with Gasteiger partial charge in [0.2, 0.25) is 5.91 Å². The van der Waals surface area contributed by atoms with Crippen molar-refractivity contribution in [1.82, 2.24) is 10.2 Å². The van der Waals surface area contributed by atoms with E-state index in [0.29, 0.717) is 0 Å². The van der Waals surface area contributed by atoms with Gasteiger partial charge in [-0.15, -0.1) is 0 Å². The summed E-state index contributed by atoms with van der Waals surface area (Å²) in [5.74, 6) is -0.330. The lowest BCUT2D eigenvalue weighted by Crippen LogP contribution is -2.55. The Kier molecular flexibility index (Phi) is 6.06. The maximum absolute atomic E-state index is 11.9. The summed E-state index contributed by atoms with van der Waals surface area (Å²) < 4.78 is 40.0. The van der Waals surface area contributed by atoms with Gasteiger partial charge in [-0.25, -0.2) is 0 Å². The number of amides is 1. The molecule has 112 valence electrons. The highest BCUT2D eigenvalue weighted by molar-refractivity contribution is 5.78. The number of halogens is 3. The molecule has 2 aliphatic rings. The number of carbonyl (C=O) groups excluding carboxylic acids is 1. The Morgan fingerprint density at radius 1 is 1.26 bits per heavy atom. The molecule has 2 heterocycles. The van der Waals surface area contributed by atoms with Gasteiger partial charge in [0.1, 0.15) is 13.2 Å². The van der Waals surface area contributed by atoms with Crippen LogP contribution in [0.2, 0.25) is 0 Å². The number of alkyl halides is 3. The molecule has 0 spiro atoms. The van der Waals surface area contributed by atoms with Gasteiger partial charge < -0.3 is 15.0 Å². The lowest BCUT2D eigenvalue weighted by Gasteiger charge is -2.35. The smallest absolute Gasteiger partial charge is 0.362 e. The first kappa shape index (κ1) is 16.2. The van der Waals surface area contributed by atoms with Crippen molar-refractivity contribution in [3.8, 4) is 0 Å². The summed E-state index contributed by atoms with van der Waals surface area (Å²) in [7, 11) is 0. The molecular formula is C12H21F3N2O2. The molecule has 2 bridgehead atoms. The zero-order chi connectivity index (χ0) is 14.5. The second-order valence-electron chi connectivity index (χ2n) is 4.45. The molecule has 2 rings (SSSR count). The topological polar surface area (TPSA) is 41.6 Å². The quantitative estimate of drug-likeness (QED) is 0.854. The highest BCUT2D eigenvalue weighted by Crippen LogP contribution is 2.26. The molecule has 0 aromatic heterocycles. The molecule has 0 aliphatic carbocycles. The van der Waals surface area contributed by atoms with E-state index < -0.39 is 19.4 Å². The maximum atomic E-state index is 11.9. The number of nitrogens with one attached hydrogen (secondary N) is 1. The van der Waals surface area contributed by atoms with Crippen LogP contribution in [0.4, 0.5) is 13.2 Å². The summed E-state index contributed by atoms with van der Waals surface area (Å²) >= 11 is 0. The summed E-state index contributed by atoms with van der Waals surface area (Å²) in [6, 6.07) is 0.242. The van der Waals surface area contributed by atoms with Gasteiger partial charge in [0.25, 0.3) is 0 Å². The minimum absolute atomic E-state index is 0.121. The molecule has 2 saturated heterocycles. The largest absolute Gasteiger partial charge is 0.411 e. The third kappa shape index (κ3) is 4.65. The van der Waals surface area contributed by atoms with E-state index in [1.807, 2.05) is 13.8 Å². The molecule has 1 amide bonds. The summed E-state index contributed by atoms with van der Waals surface area (Å²) in [6.07, 6.45) is -2.53. The van der Waals surface area contributed by atoms with Gasteiger partial charge in [0.05, 0.1) is 0 Å². The lowest BCUT2D eigenvalue weighted by atomic mass is 10.2. The fraction of sp³-hybridized carbons (Fsp3) is 0.917.